The summed E-state index contributed by atoms with van der Waals surface area (Å²) in [6.07, 6.45) is 1.75. The summed E-state index contributed by atoms with van der Waals surface area (Å²) in [4.78, 5) is 30.6. The fraction of sp³-hybridized carbons (Fsp3) is 0.350. The van der Waals surface area contributed by atoms with E-state index in [9.17, 15) is 9.59 Å². The number of urea groups is 1. The number of halogens is 1. The molecule has 2 heterocycles. The van der Waals surface area contributed by atoms with Crippen LogP contribution in [0.5, 0.6) is 0 Å². The summed E-state index contributed by atoms with van der Waals surface area (Å²) >= 11 is 3.34. The van der Waals surface area contributed by atoms with Crippen LogP contribution >= 0.6 is 15.9 Å². The Morgan fingerprint density at radius 1 is 1.07 bits per heavy atom. The molecular weight excluding hydrogens is 438 g/mol. The Bertz CT molecular complexity index is 842. The first kappa shape index (κ1) is 21.1. The molecule has 0 aliphatic carbocycles. The fourth-order valence-electron chi connectivity index (χ4n) is 2.86. The third-order valence-electron chi connectivity index (χ3n) is 4.38. The highest BCUT2D eigenvalue weighted by molar-refractivity contribution is 9.10. The molecule has 1 saturated heterocycles. The minimum atomic E-state index is -0.286. The molecule has 0 atom stereocenters. The molecule has 1 aliphatic heterocycles. The molecule has 0 unspecified atom stereocenters. The summed E-state index contributed by atoms with van der Waals surface area (Å²) < 4.78 is 6.20. The van der Waals surface area contributed by atoms with Crippen molar-refractivity contribution in [2.45, 2.75) is 6.54 Å². The first-order chi connectivity index (χ1) is 14.1. The van der Waals surface area contributed by atoms with Crippen molar-refractivity contribution in [3.8, 4) is 0 Å². The number of rotatable bonds is 7. The third kappa shape index (κ3) is 6.72. The predicted octanol–water partition coefficient (Wildman–Crippen LogP) is 1.91. The van der Waals surface area contributed by atoms with Gasteiger partial charge in [-0.3, -0.25) is 4.79 Å². The number of carbonyl (C=O) groups excluding carboxylic acids is 2. The Labute approximate surface area is 178 Å². The number of benzene rings is 1. The number of pyridine rings is 1. The summed E-state index contributed by atoms with van der Waals surface area (Å²) in [6, 6.07) is 10.7. The van der Waals surface area contributed by atoms with Gasteiger partial charge in [0.05, 0.1) is 13.2 Å². The molecule has 0 radical (unpaired) electrons. The van der Waals surface area contributed by atoms with Crippen LogP contribution in [0, 0.1) is 0 Å². The average molecular weight is 462 g/mol. The van der Waals surface area contributed by atoms with Crippen LogP contribution in [0.2, 0.25) is 0 Å². The molecule has 1 aromatic carbocycles. The lowest BCUT2D eigenvalue weighted by Gasteiger charge is -2.28. The van der Waals surface area contributed by atoms with Crippen LogP contribution in [-0.4, -0.2) is 56.3 Å². The Kier molecular flexibility index (Phi) is 7.83. The van der Waals surface area contributed by atoms with Crippen molar-refractivity contribution >= 4 is 33.7 Å². The van der Waals surface area contributed by atoms with E-state index in [4.69, 9.17) is 4.74 Å². The molecule has 1 aliphatic rings. The quantitative estimate of drug-likeness (QED) is 0.547. The number of morpholine rings is 1. The highest BCUT2D eigenvalue weighted by atomic mass is 79.9. The van der Waals surface area contributed by atoms with Gasteiger partial charge >= 0.3 is 6.03 Å². The van der Waals surface area contributed by atoms with Gasteiger partial charge in [0.25, 0.3) is 5.91 Å². The van der Waals surface area contributed by atoms with E-state index in [-0.39, 0.29) is 11.9 Å². The average Bonchev–Trinajstić information content (AvgIpc) is 2.76. The summed E-state index contributed by atoms with van der Waals surface area (Å²) in [5.41, 5.74) is 1.54. The number of anilines is 1. The zero-order valence-electron chi connectivity index (χ0n) is 16.0. The van der Waals surface area contributed by atoms with Crippen LogP contribution in [0.25, 0.3) is 0 Å². The van der Waals surface area contributed by atoms with Crippen LogP contribution in [0.3, 0.4) is 0 Å². The summed E-state index contributed by atoms with van der Waals surface area (Å²) in [6.45, 7) is 4.10. The zero-order valence-corrected chi connectivity index (χ0v) is 17.6. The van der Waals surface area contributed by atoms with Crippen LogP contribution in [-0.2, 0) is 11.3 Å². The normalized spacial score (nSPS) is 13.6. The lowest BCUT2D eigenvalue weighted by atomic mass is 10.2. The van der Waals surface area contributed by atoms with E-state index < -0.39 is 0 Å². The van der Waals surface area contributed by atoms with Crippen LogP contribution in [0.4, 0.5) is 10.6 Å². The molecule has 2 aromatic rings. The van der Waals surface area contributed by atoms with Gasteiger partial charge in [0, 0.05) is 49.0 Å². The maximum Gasteiger partial charge on any atom is 0.315 e. The molecule has 9 heteroatoms. The minimum absolute atomic E-state index is 0.180. The third-order valence-corrected chi connectivity index (χ3v) is 4.87. The van der Waals surface area contributed by atoms with Gasteiger partial charge in [0.1, 0.15) is 5.82 Å². The number of nitrogens with one attached hydrogen (secondary N) is 3. The molecule has 8 nitrogen and oxygen atoms in total. The van der Waals surface area contributed by atoms with Crippen LogP contribution in [0.1, 0.15) is 15.9 Å². The van der Waals surface area contributed by atoms with E-state index >= 15 is 0 Å². The second-order valence-electron chi connectivity index (χ2n) is 6.50. The molecule has 3 amide bonds. The van der Waals surface area contributed by atoms with Crippen molar-refractivity contribution < 1.29 is 14.3 Å². The van der Waals surface area contributed by atoms with Gasteiger partial charge in [-0.05, 0) is 35.9 Å². The van der Waals surface area contributed by atoms with Gasteiger partial charge in [-0.25, -0.2) is 9.78 Å². The van der Waals surface area contributed by atoms with E-state index in [1.165, 1.54) is 0 Å². The molecule has 0 saturated carbocycles. The molecule has 3 rings (SSSR count). The van der Waals surface area contributed by atoms with Crippen molar-refractivity contribution in [2.75, 3.05) is 44.3 Å². The summed E-state index contributed by atoms with van der Waals surface area (Å²) in [5.74, 6) is 0.712. The Morgan fingerprint density at radius 3 is 2.66 bits per heavy atom. The fourth-order valence-corrected chi connectivity index (χ4v) is 3.26. The lowest BCUT2D eigenvalue weighted by molar-refractivity contribution is 0.0953. The number of amides is 3. The maximum atomic E-state index is 12.0. The van der Waals surface area contributed by atoms with Crippen molar-refractivity contribution in [3.05, 3.63) is 58.2 Å². The monoisotopic (exact) mass is 461 g/mol. The molecular formula is C20H24BrN5O3. The molecule has 0 spiro atoms. The van der Waals surface area contributed by atoms with Crippen molar-refractivity contribution in [1.82, 2.24) is 20.9 Å². The first-order valence-electron chi connectivity index (χ1n) is 9.45. The SMILES string of the molecule is O=C(NCCNC(=O)c1cccc(Br)c1)NCc1ccnc(N2CCOCC2)c1. The standard InChI is InChI=1S/C20H24BrN5O3/c21-17-3-1-2-16(13-17)19(27)23-6-7-24-20(28)25-14-15-4-5-22-18(12-15)26-8-10-29-11-9-26/h1-5,12-13H,6-11,14H2,(H,23,27)(H2,24,25,28). The van der Waals surface area contributed by atoms with E-state index in [1.54, 1.807) is 24.4 Å². The molecule has 154 valence electrons. The van der Waals surface area contributed by atoms with Gasteiger partial charge in [-0.1, -0.05) is 22.0 Å². The number of ether oxygens (including phenoxy) is 1. The van der Waals surface area contributed by atoms with E-state index in [1.807, 2.05) is 18.2 Å². The van der Waals surface area contributed by atoms with Gasteiger partial charge in [-0.15, -0.1) is 0 Å². The number of hydrogen-bond donors (Lipinski definition) is 3. The van der Waals surface area contributed by atoms with Gasteiger partial charge in [0.15, 0.2) is 0 Å². The molecule has 29 heavy (non-hydrogen) atoms. The smallest absolute Gasteiger partial charge is 0.315 e. The van der Waals surface area contributed by atoms with Crippen LogP contribution < -0.4 is 20.9 Å². The number of aromatic nitrogens is 1. The second-order valence-corrected chi connectivity index (χ2v) is 7.41. The van der Waals surface area contributed by atoms with Gasteiger partial charge < -0.3 is 25.6 Å². The van der Waals surface area contributed by atoms with Crippen molar-refractivity contribution in [1.29, 1.82) is 0 Å². The first-order valence-corrected chi connectivity index (χ1v) is 10.2. The van der Waals surface area contributed by atoms with Crippen molar-refractivity contribution in [2.24, 2.45) is 0 Å². The minimum Gasteiger partial charge on any atom is -0.378 e. The van der Waals surface area contributed by atoms with Gasteiger partial charge in [0.2, 0.25) is 0 Å². The largest absolute Gasteiger partial charge is 0.378 e. The lowest BCUT2D eigenvalue weighted by Crippen LogP contribution is -2.40. The summed E-state index contributed by atoms with van der Waals surface area (Å²) in [5, 5.41) is 8.32. The second kappa shape index (κ2) is 10.8. The predicted molar refractivity (Wildman–Crippen MR) is 114 cm³/mol. The maximum absolute atomic E-state index is 12.0. The van der Waals surface area contributed by atoms with Crippen LogP contribution in [0.15, 0.2) is 47.1 Å². The number of carbonyl (C=O) groups is 2. The Hall–Kier alpha value is -2.65. The van der Waals surface area contributed by atoms with Crippen molar-refractivity contribution in [3.63, 3.8) is 0 Å². The molecule has 3 N–H and O–H groups in total. The highest BCUT2D eigenvalue weighted by Crippen LogP contribution is 2.14. The molecule has 0 bridgehead atoms. The zero-order chi connectivity index (χ0) is 20.5. The van der Waals surface area contributed by atoms with E-state index in [0.717, 1.165) is 28.9 Å². The summed E-state index contributed by atoms with van der Waals surface area (Å²) in [7, 11) is 0. The Balaban J connectivity index is 1.36. The molecule has 1 fully saturated rings. The molecule has 1 aromatic heterocycles. The number of hydrogen-bond acceptors (Lipinski definition) is 5. The van der Waals surface area contributed by atoms with E-state index in [2.05, 4.69) is 41.8 Å². The number of nitrogens with zero attached hydrogens (tertiary/aromatic N) is 2. The topological polar surface area (TPSA) is 95.6 Å². The highest BCUT2D eigenvalue weighted by Gasteiger charge is 2.12. The van der Waals surface area contributed by atoms with Gasteiger partial charge in [-0.2, -0.15) is 0 Å². The Morgan fingerprint density at radius 2 is 1.86 bits per heavy atom. The van der Waals surface area contributed by atoms with E-state index in [0.29, 0.717) is 38.4 Å².